The molecule has 1 amide bonds. The minimum Gasteiger partial charge on any atom is -0.351 e. The number of carbonyl (C=O) groups is 1. The average Bonchev–Trinajstić information content (AvgIpc) is 2.54. The van der Waals surface area contributed by atoms with Crippen molar-refractivity contribution in [3.63, 3.8) is 0 Å². The predicted molar refractivity (Wildman–Crippen MR) is 86.0 cm³/mol. The van der Waals surface area contributed by atoms with Crippen molar-refractivity contribution in [2.75, 3.05) is 26.2 Å². The van der Waals surface area contributed by atoms with E-state index in [-0.39, 0.29) is 5.91 Å². The van der Waals surface area contributed by atoms with Crippen LogP contribution < -0.4 is 10.6 Å². The summed E-state index contributed by atoms with van der Waals surface area (Å²) in [4.78, 5) is 14.5. The molecule has 0 aromatic heterocycles. The Labute approximate surface area is 127 Å². The van der Waals surface area contributed by atoms with Crippen LogP contribution in [0, 0.1) is 0 Å². The molecule has 1 aromatic carbocycles. The standard InChI is InChI=1S/C17H27N3O/c1-2-12-20(16-8-10-18-11-9-16)14-17(21)19-13-15-6-4-3-5-7-15/h3-7,16,18H,2,8-14H2,1H3,(H,19,21). The van der Waals surface area contributed by atoms with E-state index in [1.54, 1.807) is 0 Å². The summed E-state index contributed by atoms with van der Waals surface area (Å²) < 4.78 is 0. The molecule has 0 bridgehead atoms. The van der Waals surface area contributed by atoms with Gasteiger partial charge < -0.3 is 10.6 Å². The maximum Gasteiger partial charge on any atom is 0.234 e. The average molecular weight is 289 g/mol. The first-order chi connectivity index (χ1) is 10.3. The van der Waals surface area contributed by atoms with Crippen molar-refractivity contribution in [2.45, 2.75) is 38.8 Å². The van der Waals surface area contributed by atoms with Crippen LogP contribution in [0.15, 0.2) is 30.3 Å². The first-order valence-corrected chi connectivity index (χ1v) is 8.05. The van der Waals surface area contributed by atoms with Gasteiger partial charge in [0, 0.05) is 12.6 Å². The molecule has 1 aromatic rings. The lowest BCUT2D eigenvalue weighted by molar-refractivity contribution is -0.123. The van der Waals surface area contributed by atoms with E-state index in [9.17, 15) is 4.79 Å². The molecule has 0 aliphatic carbocycles. The second-order valence-electron chi connectivity index (χ2n) is 5.71. The molecule has 4 nitrogen and oxygen atoms in total. The van der Waals surface area contributed by atoms with Gasteiger partial charge in [-0.15, -0.1) is 0 Å². The van der Waals surface area contributed by atoms with Gasteiger partial charge in [0.15, 0.2) is 0 Å². The minimum absolute atomic E-state index is 0.130. The second-order valence-corrected chi connectivity index (χ2v) is 5.71. The maximum absolute atomic E-state index is 12.2. The number of amides is 1. The van der Waals surface area contributed by atoms with Crippen molar-refractivity contribution < 1.29 is 4.79 Å². The molecular weight excluding hydrogens is 262 g/mol. The normalized spacial score (nSPS) is 16.1. The summed E-state index contributed by atoms with van der Waals surface area (Å²) in [6, 6.07) is 10.6. The number of hydrogen-bond donors (Lipinski definition) is 2. The van der Waals surface area contributed by atoms with Gasteiger partial charge in [0.25, 0.3) is 0 Å². The fourth-order valence-electron chi connectivity index (χ4n) is 2.89. The minimum atomic E-state index is 0.130. The molecule has 0 radical (unpaired) electrons. The lowest BCUT2D eigenvalue weighted by atomic mass is 10.0. The summed E-state index contributed by atoms with van der Waals surface area (Å²) in [7, 11) is 0. The van der Waals surface area contributed by atoms with Crippen LogP contribution in [-0.2, 0) is 11.3 Å². The van der Waals surface area contributed by atoms with Gasteiger partial charge in [0.2, 0.25) is 5.91 Å². The molecule has 0 unspecified atom stereocenters. The maximum atomic E-state index is 12.2. The zero-order valence-corrected chi connectivity index (χ0v) is 13.0. The van der Waals surface area contributed by atoms with Gasteiger partial charge in [-0.1, -0.05) is 37.3 Å². The highest BCUT2D eigenvalue weighted by atomic mass is 16.2. The lowest BCUT2D eigenvalue weighted by Gasteiger charge is -2.34. The molecule has 0 atom stereocenters. The highest BCUT2D eigenvalue weighted by Crippen LogP contribution is 2.12. The number of hydrogen-bond acceptors (Lipinski definition) is 3. The Balaban J connectivity index is 1.80. The molecule has 0 spiro atoms. The smallest absolute Gasteiger partial charge is 0.234 e. The summed E-state index contributed by atoms with van der Waals surface area (Å²) in [6.07, 6.45) is 3.38. The van der Waals surface area contributed by atoms with E-state index in [1.165, 1.54) is 0 Å². The van der Waals surface area contributed by atoms with E-state index < -0.39 is 0 Å². The molecular formula is C17H27N3O. The van der Waals surface area contributed by atoms with Crippen molar-refractivity contribution in [1.82, 2.24) is 15.5 Å². The fraction of sp³-hybridized carbons (Fsp3) is 0.588. The van der Waals surface area contributed by atoms with Crippen LogP contribution >= 0.6 is 0 Å². The molecule has 2 rings (SSSR count). The van der Waals surface area contributed by atoms with E-state index >= 15 is 0 Å². The lowest BCUT2D eigenvalue weighted by Crippen LogP contribution is -2.47. The highest BCUT2D eigenvalue weighted by Gasteiger charge is 2.22. The molecule has 1 aliphatic heterocycles. The number of nitrogens with one attached hydrogen (secondary N) is 2. The van der Waals surface area contributed by atoms with E-state index in [0.29, 0.717) is 19.1 Å². The topological polar surface area (TPSA) is 44.4 Å². The molecule has 2 N–H and O–H groups in total. The Bertz CT molecular complexity index is 415. The molecule has 1 fully saturated rings. The zero-order chi connectivity index (χ0) is 14.9. The van der Waals surface area contributed by atoms with Crippen LogP contribution in [0.1, 0.15) is 31.7 Å². The van der Waals surface area contributed by atoms with E-state index in [1.807, 2.05) is 30.3 Å². The Hall–Kier alpha value is -1.39. The van der Waals surface area contributed by atoms with Crippen molar-refractivity contribution >= 4 is 5.91 Å². The van der Waals surface area contributed by atoms with Crippen LogP contribution in [-0.4, -0.2) is 43.0 Å². The SMILES string of the molecule is CCCN(CC(=O)NCc1ccccc1)C1CCNCC1. The third-order valence-corrected chi connectivity index (χ3v) is 4.02. The first-order valence-electron chi connectivity index (χ1n) is 8.05. The molecule has 0 saturated carbocycles. The number of rotatable bonds is 7. The highest BCUT2D eigenvalue weighted by molar-refractivity contribution is 5.78. The largest absolute Gasteiger partial charge is 0.351 e. The summed E-state index contributed by atoms with van der Waals surface area (Å²) in [5, 5.41) is 6.42. The van der Waals surface area contributed by atoms with Crippen LogP contribution in [0.5, 0.6) is 0 Å². The molecule has 1 heterocycles. The van der Waals surface area contributed by atoms with E-state index in [4.69, 9.17) is 0 Å². The van der Waals surface area contributed by atoms with Gasteiger partial charge in [0.1, 0.15) is 0 Å². The van der Waals surface area contributed by atoms with Gasteiger partial charge in [-0.3, -0.25) is 9.69 Å². The van der Waals surface area contributed by atoms with Crippen LogP contribution in [0.25, 0.3) is 0 Å². The van der Waals surface area contributed by atoms with Gasteiger partial charge in [-0.25, -0.2) is 0 Å². The van der Waals surface area contributed by atoms with Crippen molar-refractivity contribution in [3.05, 3.63) is 35.9 Å². The number of benzene rings is 1. The van der Waals surface area contributed by atoms with Crippen molar-refractivity contribution in [3.8, 4) is 0 Å². The molecule has 1 aliphatic rings. The third-order valence-electron chi connectivity index (χ3n) is 4.02. The summed E-state index contributed by atoms with van der Waals surface area (Å²) in [6.45, 7) is 6.45. The van der Waals surface area contributed by atoms with E-state index in [0.717, 1.165) is 44.5 Å². The van der Waals surface area contributed by atoms with Gasteiger partial charge in [-0.2, -0.15) is 0 Å². The summed E-state index contributed by atoms with van der Waals surface area (Å²) in [5.74, 6) is 0.130. The molecule has 1 saturated heterocycles. The predicted octanol–water partition coefficient (Wildman–Crippen LogP) is 1.77. The second kappa shape index (κ2) is 8.80. The van der Waals surface area contributed by atoms with Crippen LogP contribution in [0.4, 0.5) is 0 Å². The molecule has 4 heteroatoms. The van der Waals surface area contributed by atoms with Crippen molar-refractivity contribution in [1.29, 1.82) is 0 Å². The fourth-order valence-corrected chi connectivity index (χ4v) is 2.89. The number of nitrogens with zero attached hydrogens (tertiary/aromatic N) is 1. The van der Waals surface area contributed by atoms with Crippen LogP contribution in [0.3, 0.4) is 0 Å². The monoisotopic (exact) mass is 289 g/mol. The third kappa shape index (κ3) is 5.48. The van der Waals surface area contributed by atoms with Gasteiger partial charge >= 0.3 is 0 Å². The van der Waals surface area contributed by atoms with Crippen LogP contribution in [0.2, 0.25) is 0 Å². The quantitative estimate of drug-likeness (QED) is 0.804. The van der Waals surface area contributed by atoms with Crippen molar-refractivity contribution in [2.24, 2.45) is 0 Å². The first kappa shape index (κ1) is 16.0. The summed E-state index contributed by atoms with van der Waals surface area (Å²) >= 11 is 0. The van der Waals surface area contributed by atoms with E-state index in [2.05, 4.69) is 22.5 Å². The van der Waals surface area contributed by atoms with Gasteiger partial charge in [0.05, 0.1) is 6.54 Å². The Kier molecular flexibility index (Phi) is 6.70. The Morgan fingerprint density at radius 2 is 2.00 bits per heavy atom. The number of carbonyl (C=O) groups excluding carboxylic acids is 1. The molecule has 116 valence electrons. The van der Waals surface area contributed by atoms with Gasteiger partial charge in [-0.05, 0) is 44.5 Å². The molecule has 21 heavy (non-hydrogen) atoms. The number of piperidine rings is 1. The summed E-state index contributed by atoms with van der Waals surface area (Å²) in [5.41, 5.74) is 1.15. The Morgan fingerprint density at radius 3 is 2.67 bits per heavy atom. The Morgan fingerprint density at radius 1 is 1.29 bits per heavy atom. The zero-order valence-electron chi connectivity index (χ0n) is 13.0.